The summed E-state index contributed by atoms with van der Waals surface area (Å²) in [5, 5.41) is 22.1. The number of para-hydroxylation sites is 1. The highest BCUT2D eigenvalue weighted by Gasteiger charge is 2.38. The maximum Gasteiger partial charge on any atom is 0.277 e. The van der Waals surface area contributed by atoms with Crippen LogP contribution in [0.5, 0.6) is 0 Å². The van der Waals surface area contributed by atoms with Gasteiger partial charge in [-0.3, -0.25) is 25.0 Å². The number of rotatable bonds is 4. The van der Waals surface area contributed by atoms with Gasteiger partial charge in [0.15, 0.2) is 5.78 Å². The lowest BCUT2D eigenvalue weighted by molar-refractivity contribution is -0.394. The van der Waals surface area contributed by atoms with Gasteiger partial charge in [0.2, 0.25) is 0 Å². The second-order valence-electron chi connectivity index (χ2n) is 6.85. The lowest BCUT2D eigenvalue weighted by Gasteiger charge is -2.23. The van der Waals surface area contributed by atoms with Crippen LogP contribution in [0.4, 0.5) is 17.1 Å². The SMILES string of the molecule is CN1/C(=C/C(=O)c2cc([N+](=O)[O-])cc([N+](=O)[O-])c2)C(C)(C)c2ccccc21. The van der Waals surface area contributed by atoms with Crippen molar-refractivity contribution in [3.8, 4) is 0 Å². The van der Waals surface area contributed by atoms with Crippen molar-refractivity contribution in [1.82, 2.24) is 0 Å². The summed E-state index contributed by atoms with van der Waals surface area (Å²) in [6, 6.07) is 10.7. The number of carbonyl (C=O) groups is 1. The average Bonchev–Trinajstić information content (AvgIpc) is 2.82. The summed E-state index contributed by atoms with van der Waals surface area (Å²) in [5.41, 5.74) is 1.20. The first-order chi connectivity index (χ1) is 12.6. The topological polar surface area (TPSA) is 107 Å². The minimum atomic E-state index is -0.752. The number of ketones is 1. The molecule has 0 spiro atoms. The van der Waals surface area contributed by atoms with Crippen LogP contribution in [0, 0.1) is 20.2 Å². The third-order valence-corrected chi connectivity index (χ3v) is 4.82. The molecule has 0 saturated heterocycles. The van der Waals surface area contributed by atoms with Gasteiger partial charge >= 0.3 is 0 Å². The molecule has 1 aliphatic rings. The number of fused-ring (bicyclic) bond motifs is 1. The van der Waals surface area contributed by atoms with E-state index in [9.17, 15) is 25.0 Å². The van der Waals surface area contributed by atoms with Gasteiger partial charge in [0, 0.05) is 47.6 Å². The fourth-order valence-corrected chi connectivity index (χ4v) is 3.41. The number of anilines is 1. The highest BCUT2D eigenvalue weighted by atomic mass is 16.6. The first-order valence-electron chi connectivity index (χ1n) is 8.16. The maximum absolute atomic E-state index is 12.8. The van der Waals surface area contributed by atoms with Crippen molar-refractivity contribution < 1.29 is 14.6 Å². The molecular formula is C19H17N3O5. The van der Waals surface area contributed by atoms with Crippen LogP contribution in [-0.4, -0.2) is 22.7 Å². The Morgan fingerprint density at radius 1 is 1.04 bits per heavy atom. The van der Waals surface area contributed by atoms with E-state index in [1.54, 1.807) is 0 Å². The Bertz CT molecular complexity index is 978. The number of nitrogens with zero attached hydrogens (tertiary/aromatic N) is 3. The van der Waals surface area contributed by atoms with Gasteiger partial charge in [-0.15, -0.1) is 0 Å². The predicted molar refractivity (Wildman–Crippen MR) is 100 cm³/mol. The quantitative estimate of drug-likeness (QED) is 0.350. The highest BCUT2D eigenvalue weighted by Crippen LogP contribution is 2.46. The van der Waals surface area contributed by atoms with Gasteiger partial charge in [0.25, 0.3) is 11.4 Å². The molecule has 2 aromatic carbocycles. The number of hydrogen-bond donors (Lipinski definition) is 0. The van der Waals surface area contributed by atoms with Crippen molar-refractivity contribution in [2.45, 2.75) is 19.3 Å². The molecule has 0 radical (unpaired) electrons. The zero-order valence-corrected chi connectivity index (χ0v) is 15.0. The van der Waals surface area contributed by atoms with E-state index < -0.39 is 32.4 Å². The third kappa shape index (κ3) is 3.05. The summed E-state index contributed by atoms with van der Waals surface area (Å²) < 4.78 is 0. The molecule has 0 aromatic heterocycles. The van der Waals surface area contributed by atoms with Crippen molar-refractivity contribution in [1.29, 1.82) is 0 Å². The fourth-order valence-electron chi connectivity index (χ4n) is 3.41. The van der Waals surface area contributed by atoms with Crippen molar-refractivity contribution >= 4 is 22.8 Å². The Kier molecular flexibility index (Phi) is 4.27. The van der Waals surface area contributed by atoms with E-state index in [4.69, 9.17) is 0 Å². The van der Waals surface area contributed by atoms with Crippen LogP contribution in [0.15, 0.2) is 54.2 Å². The van der Waals surface area contributed by atoms with Gasteiger partial charge in [-0.25, -0.2) is 0 Å². The molecule has 1 aliphatic heterocycles. The minimum absolute atomic E-state index is 0.0939. The summed E-state index contributed by atoms with van der Waals surface area (Å²) in [5.74, 6) is -0.524. The Balaban J connectivity index is 2.08. The maximum atomic E-state index is 12.8. The molecule has 2 aromatic rings. The molecule has 0 amide bonds. The summed E-state index contributed by atoms with van der Waals surface area (Å²) in [6.45, 7) is 3.95. The minimum Gasteiger partial charge on any atom is -0.347 e. The number of non-ortho nitro benzene ring substituents is 2. The third-order valence-electron chi connectivity index (χ3n) is 4.82. The van der Waals surface area contributed by atoms with Crippen LogP contribution < -0.4 is 4.90 Å². The normalized spacial score (nSPS) is 16.3. The predicted octanol–water partition coefficient (Wildman–Crippen LogP) is 4.00. The van der Waals surface area contributed by atoms with E-state index in [-0.39, 0.29) is 5.56 Å². The number of nitro benzene ring substituents is 2. The molecule has 1 heterocycles. The lowest BCUT2D eigenvalue weighted by Crippen LogP contribution is -2.24. The average molecular weight is 367 g/mol. The van der Waals surface area contributed by atoms with Gasteiger partial charge in [0.05, 0.1) is 15.9 Å². The molecule has 0 unspecified atom stereocenters. The molecule has 0 bridgehead atoms. The standard InChI is InChI=1S/C19H17N3O5/c1-19(2)15-6-4-5-7-16(15)20(3)18(19)11-17(23)12-8-13(21(24)25)10-14(9-12)22(26)27/h4-11H,1-3H3/b18-11+. The molecule has 8 heteroatoms. The second-order valence-corrected chi connectivity index (χ2v) is 6.85. The molecule has 138 valence electrons. The number of carbonyl (C=O) groups excluding carboxylic acids is 1. The van der Waals surface area contributed by atoms with Crippen molar-refractivity contribution in [2.24, 2.45) is 0 Å². The van der Waals surface area contributed by atoms with Gasteiger partial charge in [-0.2, -0.15) is 0 Å². The Hall–Kier alpha value is -3.55. The van der Waals surface area contributed by atoms with E-state index in [2.05, 4.69) is 0 Å². The highest BCUT2D eigenvalue weighted by molar-refractivity contribution is 6.06. The summed E-state index contributed by atoms with van der Waals surface area (Å²) >= 11 is 0. The molecular weight excluding hydrogens is 350 g/mol. The van der Waals surface area contributed by atoms with Crippen molar-refractivity contribution in [3.05, 3.63) is 85.6 Å². The summed E-state index contributed by atoms with van der Waals surface area (Å²) in [7, 11) is 1.84. The van der Waals surface area contributed by atoms with Crippen LogP contribution in [0.3, 0.4) is 0 Å². The molecule has 0 saturated carbocycles. The number of nitro groups is 2. The van der Waals surface area contributed by atoms with E-state index >= 15 is 0 Å². The van der Waals surface area contributed by atoms with E-state index in [1.807, 2.05) is 50.1 Å². The number of hydrogen-bond acceptors (Lipinski definition) is 6. The number of allylic oxidation sites excluding steroid dienone is 2. The Morgan fingerprint density at radius 3 is 2.11 bits per heavy atom. The van der Waals surface area contributed by atoms with Crippen LogP contribution in [0.1, 0.15) is 29.8 Å². The smallest absolute Gasteiger partial charge is 0.277 e. The van der Waals surface area contributed by atoms with Gasteiger partial charge < -0.3 is 4.90 Å². The van der Waals surface area contributed by atoms with Crippen LogP contribution in [0.2, 0.25) is 0 Å². The Morgan fingerprint density at radius 2 is 1.59 bits per heavy atom. The van der Waals surface area contributed by atoms with E-state index in [1.165, 1.54) is 6.08 Å². The number of likely N-dealkylation sites (N-methyl/N-ethyl adjacent to an activating group) is 1. The Labute approximate surface area is 155 Å². The summed E-state index contributed by atoms with van der Waals surface area (Å²) in [6.07, 6.45) is 1.39. The van der Waals surface area contributed by atoms with Crippen LogP contribution >= 0.6 is 0 Å². The van der Waals surface area contributed by atoms with Crippen LogP contribution in [-0.2, 0) is 5.41 Å². The second kappa shape index (κ2) is 6.31. The molecule has 3 rings (SSSR count). The summed E-state index contributed by atoms with van der Waals surface area (Å²) in [4.78, 5) is 35.3. The number of benzene rings is 2. The fraction of sp³-hybridized carbons (Fsp3) is 0.211. The molecule has 27 heavy (non-hydrogen) atoms. The van der Waals surface area contributed by atoms with E-state index in [0.717, 1.165) is 29.4 Å². The first kappa shape index (κ1) is 18.2. The lowest BCUT2D eigenvalue weighted by atomic mass is 9.83. The molecule has 0 N–H and O–H groups in total. The van der Waals surface area contributed by atoms with Gasteiger partial charge in [0.1, 0.15) is 0 Å². The van der Waals surface area contributed by atoms with Gasteiger partial charge in [-0.05, 0) is 11.6 Å². The first-order valence-corrected chi connectivity index (χ1v) is 8.16. The zero-order valence-electron chi connectivity index (χ0n) is 15.0. The van der Waals surface area contributed by atoms with E-state index in [0.29, 0.717) is 5.70 Å². The van der Waals surface area contributed by atoms with Crippen LogP contribution in [0.25, 0.3) is 0 Å². The van der Waals surface area contributed by atoms with Crippen molar-refractivity contribution in [3.63, 3.8) is 0 Å². The largest absolute Gasteiger partial charge is 0.347 e. The van der Waals surface area contributed by atoms with Crippen molar-refractivity contribution in [2.75, 3.05) is 11.9 Å². The zero-order chi connectivity index (χ0) is 19.9. The molecule has 0 fully saturated rings. The molecule has 8 nitrogen and oxygen atoms in total. The monoisotopic (exact) mass is 367 g/mol. The van der Waals surface area contributed by atoms with Gasteiger partial charge in [-0.1, -0.05) is 32.0 Å². The molecule has 0 aliphatic carbocycles. The molecule has 0 atom stereocenters.